The Morgan fingerprint density at radius 1 is 0.831 bits per heavy atom. The Hall–Kier alpha value is -3.33. The fourth-order valence-electron chi connectivity index (χ4n) is 12.1. The number of rotatable bonds is 19. The summed E-state index contributed by atoms with van der Waals surface area (Å²) in [5, 5.41) is 21.3. The molecule has 0 aromatic heterocycles. The van der Waals surface area contributed by atoms with Crippen LogP contribution in [-0.2, 0) is 51.0 Å². The van der Waals surface area contributed by atoms with Crippen molar-refractivity contribution < 1.29 is 48.0 Å². The zero-order valence-corrected chi connectivity index (χ0v) is 36.5. The molecule has 4 aliphatic rings. The normalized spacial score (nSPS) is 32.0. The fraction of sp³-hybridized carbons (Fsp3) is 0.667. The van der Waals surface area contributed by atoms with Crippen LogP contribution in [0.5, 0.6) is 0 Å². The lowest BCUT2D eigenvalue weighted by Gasteiger charge is -2.62. The van der Waals surface area contributed by atoms with Gasteiger partial charge in [-0.2, -0.15) is 0 Å². The highest BCUT2D eigenvalue weighted by Gasteiger charge is 2.64. The molecule has 4 aliphatic carbocycles. The first-order valence-corrected chi connectivity index (χ1v) is 24.2. The second-order valence-electron chi connectivity index (χ2n) is 19.0. The van der Waals surface area contributed by atoms with Gasteiger partial charge >= 0.3 is 17.9 Å². The molecule has 0 spiro atoms. The number of benzene rings is 2. The highest BCUT2D eigenvalue weighted by atomic mass is 31.2. The van der Waals surface area contributed by atoms with Crippen molar-refractivity contribution in [3.8, 4) is 0 Å². The van der Waals surface area contributed by atoms with Crippen LogP contribution in [0.4, 0.5) is 0 Å². The highest BCUT2D eigenvalue weighted by Crippen LogP contribution is 2.68. The second kappa shape index (κ2) is 19.6. The number of aliphatic hydroxyl groups excluding tert-OH is 1. The maximum Gasteiger partial charge on any atom is 0.309 e. The lowest BCUT2D eigenvalue weighted by atomic mass is 9.43. The van der Waals surface area contributed by atoms with Gasteiger partial charge in [-0.25, -0.2) is 0 Å². The lowest BCUT2D eigenvalue weighted by Crippen LogP contribution is -2.59. The number of carboxylic acids is 1. The van der Waals surface area contributed by atoms with Crippen molar-refractivity contribution in [2.24, 2.45) is 52.3 Å². The molecule has 0 radical (unpaired) electrons. The molecule has 4 fully saturated rings. The molecule has 4 saturated carbocycles. The molecular formula is C48H67O10P. The largest absolute Gasteiger partial charge is 0.481 e. The van der Waals surface area contributed by atoms with Gasteiger partial charge in [0.15, 0.2) is 0 Å². The zero-order valence-electron chi connectivity index (χ0n) is 35.6. The van der Waals surface area contributed by atoms with Gasteiger partial charge in [-0.1, -0.05) is 81.4 Å². The van der Waals surface area contributed by atoms with Crippen molar-refractivity contribution in [1.29, 1.82) is 0 Å². The Morgan fingerprint density at radius 3 is 2.17 bits per heavy atom. The number of ether oxygens (including phenoxy) is 2. The van der Waals surface area contributed by atoms with E-state index in [1.807, 2.05) is 60.7 Å². The fourth-order valence-corrected chi connectivity index (χ4v) is 14.5. The predicted molar refractivity (Wildman–Crippen MR) is 225 cm³/mol. The van der Waals surface area contributed by atoms with Gasteiger partial charge < -0.3 is 29.0 Å². The van der Waals surface area contributed by atoms with E-state index in [1.165, 1.54) is 6.92 Å². The molecule has 2 aromatic carbocycles. The van der Waals surface area contributed by atoms with Crippen LogP contribution in [0.2, 0.25) is 0 Å². The topological polar surface area (TPSA) is 154 Å². The zero-order chi connectivity index (χ0) is 42.4. The van der Waals surface area contributed by atoms with Gasteiger partial charge in [0.2, 0.25) is 7.37 Å². The van der Waals surface area contributed by atoms with E-state index >= 15 is 0 Å². The number of fused-ring (bicyclic) bond motifs is 5. The van der Waals surface area contributed by atoms with Crippen LogP contribution in [0.1, 0.15) is 122 Å². The summed E-state index contributed by atoms with van der Waals surface area (Å²) in [4.78, 5) is 50.4. The third-order valence-electron chi connectivity index (χ3n) is 15.5. The van der Waals surface area contributed by atoms with E-state index in [4.69, 9.17) is 14.0 Å². The Morgan fingerprint density at radius 2 is 1.51 bits per heavy atom. The van der Waals surface area contributed by atoms with Crippen LogP contribution in [0, 0.1) is 52.3 Å². The average Bonchev–Trinajstić information content (AvgIpc) is 3.59. The third-order valence-corrected chi connectivity index (χ3v) is 18.0. The van der Waals surface area contributed by atoms with Crippen LogP contribution < -0.4 is 0 Å². The van der Waals surface area contributed by atoms with E-state index in [2.05, 4.69) is 20.8 Å². The molecule has 2 aromatic rings. The van der Waals surface area contributed by atoms with Gasteiger partial charge in [0.25, 0.3) is 0 Å². The lowest BCUT2D eigenvalue weighted by molar-refractivity contribution is -0.181. The van der Waals surface area contributed by atoms with Crippen LogP contribution in [0.15, 0.2) is 60.7 Å². The van der Waals surface area contributed by atoms with E-state index in [0.717, 1.165) is 62.5 Å². The van der Waals surface area contributed by atoms with Crippen molar-refractivity contribution in [2.45, 2.75) is 137 Å². The maximum absolute atomic E-state index is 14.7. The van der Waals surface area contributed by atoms with Crippen molar-refractivity contribution in [3.63, 3.8) is 0 Å². The molecule has 0 amide bonds. The van der Waals surface area contributed by atoms with Crippen LogP contribution in [-0.4, -0.2) is 58.4 Å². The first-order valence-electron chi connectivity index (χ1n) is 22.2. The second-order valence-corrected chi connectivity index (χ2v) is 21.7. The summed E-state index contributed by atoms with van der Waals surface area (Å²) in [6.45, 7) is 8.42. The molecule has 5 unspecified atom stereocenters. The molecule has 0 bridgehead atoms. The number of carbonyl (C=O) groups is 4. The third kappa shape index (κ3) is 10.8. The Kier molecular flexibility index (Phi) is 15.0. The summed E-state index contributed by atoms with van der Waals surface area (Å²) in [5.41, 5.74) is 1.47. The molecule has 6 rings (SSSR count). The first kappa shape index (κ1) is 45.2. The van der Waals surface area contributed by atoms with E-state index < -0.39 is 37.3 Å². The van der Waals surface area contributed by atoms with Gasteiger partial charge in [0, 0.05) is 25.2 Å². The highest BCUT2D eigenvalue weighted by molar-refractivity contribution is 7.59. The average molecular weight is 835 g/mol. The minimum Gasteiger partial charge on any atom is -0.481 e. The smallest absolute Gasteiger partial charge is 0.309 e. The maximum atomic E-state index is 14.7. The van der Waals surface area contributed by atoms with E-state index in [9.17, 15) is 34.0 Å². The number of Topliss-reactive ketones (excluding diaryl/α,β-unsaturated/α-hetero) is 1. The monoisotopic (exact) mass is 834 g/mol. The number of hydrogen-bond donors (Lipinski definition) is 2. The number of hydrogen-bond acceptors (Lipinski definition) is 9. The predicted octanol–water partition coefficient (Wildman–Crippen LogP) is 9.64. The standard InChI is InChI=1S/C48H67O10P/c1-32(15-22-44(51)52)40-20-21-41-39-19-18-37-27-38(23-25-47(37,3)42(39)28-43(50)48(40,41)4)58-45(53)24-26-59(55,57-30-35-13-9-6-10-14-35)31-36(17-16-33(2)49)46(54)56-29-34-11-7-5-8-12-34/h5-14,32,36-43,50H,15-31H2,1-4H3,(H,51,52)/t32-,36?,37-,38-,39?,40-,41?,42?,43+,47+,48-,59?/m1/s1. The number of aliphatic hydroxyl groups is 1. The van der Waals surface area contributed by atoms with Crippen molar-refractivity contribution in [1.82, 2.24) is 0 Å². The molecule has 324 valence electrons. The number of carbonyl (C=O) groups excluding carboxylic acids is 3. The summed E-state index contributed by atoms with van der Waals surface area (Å²) in [6, 6.07) is 18.6. The summed E-state index contributed by atoms with van der Waals surface area (Å²) in [5.74, 6) is -0.388. The molecule has 0 heterocycles. The molecule has 2 N–H and O–H groups in total. The Balaban J connectivity index is 1.07. The number of carboxylic acid groups (broad SMARTS) is 1. The molecule has 11 heteroatoms. The molecule has 12 atom stereocenters. The summed E-state index contributed by atoms with van der Waals surface area (Å²) in [6.07, 6.45) is 7.53. The number of esters is 2. The van der Waals surface area contributed by atoms with Gasteiger partial charge in [-0.3, -0.25) is 18.9 Å². The van der Waals surface area contributed by atoms with Gasteiger partial charge in [0.05, 0.1) is 25.0 Å². The van der Waals surface area contributed by atoms with Crippen molar-refractivity contribution >= 4 is 31.1 Å². The molecular weight excluding hydrogens is 767 g/mol. The van der Waals surface area contributed by atoms with Crippen LogP contribution >= 0.6 is 7.37 Å². The summed E-state index contributed by atoms with van der Waals surface area (Å²) < 4.78 is 32.6. The SMILES string of the molecule is CC(=O)CCC(CP(=O)(CCC(=O)O[C@@H]1CC[C@]2(C)C3C[C@H](O)[C@@]4(C)C(CC[C@@H]4[C@H](C)CCC(=O)O)C3CC[C@@H]2C1)OCc1ccccc1)C(=O)OCc1ccccc1. The van der Waals surface area contributed by atoms with Gasteiger partial charge in [-0.15, -0.1) is 0 Å². The van der Waals surface area contributed by atoms with E-state index in [1.54, 1.807) is 0 Å². The number of ketones is 1. The van der Waals surface area contributed by atoms with Crippen LogP contribution in [0.3, 0.4) is 0 Å². The molecule has 59 heavy (non-hydrogen) atoms. The Labute approximate surface area is 351 Å². The molecule has 0 saturated heterocycles. The summed E-state index contributed by atoms with van der Waals surface area (Å²) in [7, 11) is -3.61. The van der Waals surface area contributed by atoms with Crippen molar-refractivity contribution in [3.05, 3.63) is 71.8 Å². The van der Waals surface area contributed by atoms with Gasteiger partial charge in [0.1, 0.15) is 18.5 Å². The minimum atomic E-state index is -3.61. The van der Waals surface area contributed by atoms with Crippen LogP contribution in [0.25, 0.3) is 0 Å². The molecule has 10 nitrogen and oxygen atoms in total. The minimum absolute atomic E-state index is 0.0339. The molecule has 0 aliphatic heterocycles. The number of aliphatic carboxylic acids is 1. The summed E-state index contributed by atoms with van der Waals surface area (Å²) >= 11 is 0. The van der Waals surface area contributed by atoms with E-state index in [0.29, 0.717) is 36.0 Å². The van der Waals surface area contributed by atoms with Gasteiger partial charge in [-0.05, 0) is 129 Å². The first-order chi connectivity index (χ1) is 28.1. The Bertz CT molecular complexity index is 1800. The van der Waals surface area contributed by atoms with E-state index in [-0.39, 0.29) is 79.9 Å². The van der Waals surface area contributed by atoms with Crippen molar-refractivity contribution in [2.75, 3.05) is 12.3 Å². The quantitative estimate of drug-likeness (QED) is 0.103.